The third kappa shape index (κ3) is 3.30. The van der Waals surface area contributed by atoms with Crippen LogP contribution >= 0.6 is 0 Å². The van der Waals surface area contributed by atoms with Gasteiger partial charge < -0.3 is 24.5 Å². The number of fused-ring (bicyclic) bond motifs is 2. The molecule has 1 spiro atoms. The second kappa shape index (κ2) is 8.25. The average Bonchev–Trinajstić information content (AvgIpc) is 3.46. The van der Waals surface area contributed by atoms with Crippen LogP contribution < -0.4 is 9.80 Å². The number of anilines is 2. The maximum atomic E-state index is 13.7. The van der Waals surface area contributed by atoms with Crippen molar-refractivity contribution in [3.8, 4) is 0 Å². The summed E-state index contributed by atoms with van der Waals surface area (Å²) in [6.07, 6.45) is 4.32. The summed E-state index contributed by atoms with van der Waals surface area (Å²) in [7, 11) is 0. The summed E-state index contributed by atoms with van der Waals surface area (Å²) in [5, 5.41) is 9.58. The molecule has 0 radical (unpaired) electrons. The van der Waals surface area contributed by atoms with E-state index in [1.807, 2.05) is 25.1 Å². The van der Waals surface area contributed by atoms with E-state index in [9.17, 15) is 19.5 Å². The summed E-state index contributed by atoms with van der Waals surface area (Å²) in [5.41, 5.74) is 1.14. The lowest BCUT2D eigenvalue weighted by Crippen LogP contribution is -2.45. The number of likely N-dealkylation sites (tertiary alicyclic amines) is 1. The van der Waals surface area contributed by atoms with Gasteiger partial charge in [-0.2, -0.15) is 0 Å². The molecule has 0 aromatic heterocycles. The first-order valence-electron chi connectivity index (χ1n) is 11.9. The number of carbonyl (C=O) groups excluding carboxylic acids is 3. The largest absolute Gasteiger partial charge is 0.394 e. The van der Waals surface area contributed by atoms with Crippen molar-refractivity contribution in [1.82, 2.24) is 4.90 Å². The number of hydrogen-bond donors (Lipinski definition) is 1. The number of carbonyl (C=O) groups is 3. The second-order valence-corrected chi connectivity index (χ2v) is 9.58. The zero-order valence-electron chi connectivity index (χ0n) is 19.0. The van der Waals surface area contributed by atoms with Crippen molar-refractivity contribution >= 4 is 29.1 Å². The smallest absolute Gasteiger partial charge is 0.264 e. The standard InChI is InChI=1S/C25H31N3O5/c1-3-9-28-21-7-6-17(27-11-8-22(27)30)13-20(21)25(24(28)32)16(2)12-19(33-25)14-23(31)26-10-4-5-18(26)15-29/h3,6-7,13,16,18-19,29H,1,4-5,8-12,14-15H2,2H3/t16-,18-,19-,25+/m0/s1. The van der Waals surface area contributed by atoms with Gasteiger partial charge in [-0.1, -0.05) is 13.0 Å². The molecule has 0 unspecified atom stereocenters. The van der Waals surface area contributed by atoms with Gasteiger partial charge in [-0.05, 0) is 37.5 Å². The summed E-state index contributed by atoms with van der Waals surface area (Å²) in [5.74, 6) is -0.231. The minimum atomic E-state index is -1.17. The number of aliphatic hydroxyl groups excluding tert-OH is 1. The highest BCUT2D eigenvalue weighted by atomic mass is 16.5. The van der Waals surface area contributed by atoms with Crippen LogP contribution in [0.1, 0.15) is 44.6 Å². The molecule has 176 valence electrons. The lowest BCUT2D eigenvalue weighted by atomic mass is 9.82. The Hall–Kier alpha value is -2.71. The van der Waals surface area contributed by atoms with E-state index >= 15 is 0 Å². The molecule has 4 atom stereocenters. The van der Waals surface area contributed by atoms with Crippen molar-refractivity contribution in [3.05, 3.63) is 36.4 Å². The first-order chi connectivity index (χ1) is 15.9. The van der Waals surface area contributed by atoms with Crippen molar-refractivity contribution in [2.45, 2.75) is 56.8 Å². The molecule has 4 heterocycles. The van der Waals surface area contributed by atoms with Gasteiger partial charge in [0.05, 0.1) is 30.9 Å². The minimum absolute atomic E-state index is 0.0298. The van der Waals surface area contributed by atoms with Crippen LogP contribution in [0.2, 0.25) is 0 Å². The number of aliphatic hydroxyl groups is 1. The van der Waals surface area contributed by atoms with Crippen LogP contribution in [-0.2, 0) is 24.7 Å². The van der Waals surface area contributed by atoms with Crippen molar-refractivity contribution in [1.29, 1.82) is 0 Å². The van der Waals surface area contributed by atoms with Gasteiger partial charge in [0.2, 0.25) is 11.8 Å². The van der Waals surface area contributed by atoms with Crippen LogP contribution in [0.15, 0.2) is 30.9 Å². The SMILES string of the molecule is C=CCN1C(=O)[C@]2(O[C@H](CC(=O)N3CCC[C@H]3CO)C[C@@H]2C)c2cc(N3CCC3=O)ccc21. The third-order valence-corrected chi connectivity index (χ3v) is 7.68. The van der Waals surface area contributed by atoms with Crippen LogP contribution in [0, 0.1) is 5.92 Å². The first-order valence-corrected chi connectivity index (χ1v) is 11.9. The minimum Gasteiger partial charge on any atom is -0.394 e. The Morgan fingerprint density at radius 2 is 2.15 bits per heavy atom. The number of β-lactam (4-membered cyclic amide) rings is 1. The van der Waals surface area contributed by atoms with Crippen LogP contribution in [-0.4, -0.2) is 66.1 Å². The number of nitrogens with zero attached hydrogens (tertiary/aromatic N) is 3. The van der Waals surface area contributed by atoms with Crippen molar-refractivity contribution in [2.75, 3.05) is 36.0 Å². The molecule has 0 saturated carbocycles. The highest BCUT2D eigenvalue weighted by Crippen LogP contribution is 2.54. The summed E-state index contributed by atoms with van der Waals surface area (Å²) in [6, 6.07) is 5.55. The van der Waals surface area contributed by atoms with Crippen molar-refractivity contribution < 1.29 is 24.2 Å². The monoisotopic (exact) mass is 453 g/mol. The number of rotatable bonds is 6. The molecule has 0 bridgehead atoms. The molecule has 1 aromatic carbocycles. The van der Waals surface area contributed by atoms with Gasteiger partial charge in [-0.3, -0.25) is 14.4 Å². The quantitative estimate of drug-likeness (QED) is 0.525. The predicted molar refractivity (Wildman–Crippen MR) is 123 cm³/mol. The van der Waals surface area contributed by atoms with E-state index in [-0.39, 0.29) is 48.8 Å². The molecular weight excluding hydrogens is 422 g/mol. The zero-order chi connectivity index (χ0) is 23.3. The van der Waals surface area contributed by atoms with E-state index in [4.69, 9.17) is 4.74 Å². The summed E-state index contributed by atoms with van der Waals surface area (Å²) in [4.78, 5) is 43.9. The summed E-state index contributed by atoms with van der Waals surface area (Å²) in [6.45, 7) is 7.45. The number of ether oxygens (including phenoxy) is 1. The molecular formula is C25H31N3O5. The van der Waals surface area contributed by atoms with Crippen LogP contribution in [0.4, 0.5) is 11.4 Å². The van der Waals surface area contributed by atoms with E-state index in [0.29, 0.717) is 32.5 Å². The van der Waals surface area contributed by atoms with E-state index in [2.05, 4.69) is 6.58 Å². The fourth-order valence-corrected chi connectivity index (χ4v) is 5.92. The lowest BCUT2D eigenvalue weighted by Gasteiger charge is -2.32. The summed E-state index contributed by atoms with van der Waals surface area (Å²) >= 11 is 0. The van der Waals surface area contributed by atoms with Gasteiger partial charge in [-0.15, -0.1) is 6.58 Å². The Labute approximate surface area is 193 Å². The predicted octanol–water partition coefficient (Wildman–Crippen LogP) is 1.95. The van der Waals surface area contributed by atoms with Gasteiger partial charge in [0.25, 0.3) is 5.91 Å². The molecule has 4 aliphatic rings. The normalized spacial score (nSPS) is 30.8. The Bertz CT molecular complexity index is 1010. The topological polar surface area (TPSA) is 90.4 Å². The van der Waals surface area contributed by atoms with E-state index in [1.54, 1.807) is 20.8 Å². The molecule has 8 heteroatoms. The average molecular weight is 454 g/mol. The number of hydrogen-bond acceptors (Lipinski definition) is 5. The first kappa shape index (κ1) is 22.1. The van der Waals surface area contributed by atoms with Crippen LogP contribution in [0.5, 0.6) is 0 Å². The van der Waals surface area contributed by atoms with Crippen LogP contribution in [0.25, 0.3) is 0 Å². The van der Waals surface area contributed by atoms with Gasteiger partial charge >= 0.3 is 0 Å². The van der Waals surface area contributed by atoms with Crippen molar-refractivity contribution in [3.63, 3.8) is 0 Å². The molecule has 1 aromatic rings. The Morgan fingerprint density at radius 3 is 2.82 bits per heavy atom. The maximum absolute atomic E-state index is 13.7. The van der Waals surface area contributed by atoms with Crippen LogP contribution in [0.3, 0.4) is 0 Å². The molecule has 3 amide bonds. The van der Waals surface area contributed by atoms with Gasteiger partial charge in [0, 0.05) is 43.2 Å². The Morgan fingerprint density at radius 1 is 1.33 bits per heavy atom. The zero-order valence-corrected chi connectivity index (χ0v) is 19.0. The van der Waals surface area contributed by atoms with Gasteiger partial charge in [0.15, 0.2) is 5.60 Å². The molecule has 3 fully saturated rings. The molecule has 5 rings (SSSR count). The fourth-order valence-electron chi connectivity index (χ4n) is 5.92. The van der Waals surface area contributed by atoms with Gasteiger partial charge in [-0.25, -0.2) is 0 Å². The molecule has 0 aliphatic carbocycles. The highest BCUT2D eigenvalue weighted by molar-refractivity contribution is 6.09. The molecule has 33 heavy (non-hydrogen) atoms. The molecule has 8 nitrogen and oxygen atoms in total. The molecule has 4 aliphatic heterocycles. The van der Waals surface area contributed by atoms with E-state index in [0.717, 1.165) is 29.8 Å². The third-order valence-electron chi connectivity index (χ3n) is 7.68. The Balaban J connectivity index is 1.45. The Kier molecular flexibility index (Phi) is 5.53. The fraction of sp³-hybridized carbons (Fsp3) is 0.560. The second-order valence-electron chi connectivity index (χ2n) is 9.58. The maximum Gasteiger partial charge on any atom is 0.264 e. The molecule has 1 N–H and O–H groups in total. The van der Waals surface area contributed by atoms with E-state index < -0.39 is 5.60 Å². The van der Waals surface area contributed by atoms with E-state index in [1.165, 1.54) is 0 Å². The lowest BCUT2D eigenvalue weighted by molar-refractivity contribution is -0.149. The number of benzene rings is 1. The molecule has 3 saturated heterocycles. The highest BCUT2D eigenvalue weighted by Gasteiger charge is 2.60. The van der Waals surface area contributed by atoms with Crippen molar-refractivity contribution in [2.24, 2.45) is 5.92 Å². The summed E-state index contributed by atoms with van der Waals surface area (Å²) < 4.78 is 6.51. The number of amides is 3. The van der Waals surface area contributed by atoms with Gasteiger partial charge in [0.1, 0.15) is 0 Å².